The van der Waals surface area contributed by atoms with Crippen LogP contribution in [0.4, 0.5) is 10.2 Å². The van der Waals surface area contributed by atoms with E-state index in [4.69, 9.17) is 5.73 Å². The van der Waals surface area contributed by atoms with Gasteiger partial charge in [0.15, 0.2) is 5.65 Å². The molecule has 1 aromatic carbocycles. The summed E-state index contributed by atoms with van der Waals surface area (Å²) in [7, 11) is 1.98. The third-order valence-corrected chi connectivity index (χ3v) is 4.15. The first-order chi connectivity index (χ1) is 11.8. The highest BCUT2D eigenvalue weighted by Gasteiger charge is 2.22. The Morgan fingerprint density at radius 2 is 2.04 bits per heavy atom. The second kappa shape index (κ2) is 6.40. The molecule has 25 heavy (non-hydrogen) atoms. The van der Waals surface area contributed by atoms with Crippen LogP contribution in [0.25, 0.3) is 16.7 Å². The van der Waals surface area contributed by atoms with Gasteiger partial charge in [-0.15, -0.1) is 0 Å². The molecular weight excluding hydrogens is 319 g/mol. The fraction of sp³-hybridized carbons (Fsp3) is 0.389. The summed E-state index contributed by atoms with van der Waals surface area (Å²) in [5.41, 5.74) is 7.10. The monoisotopic (exact) mass is 342 g/mol. The minimum Gasteiger partial charge on any atom is -0.358 e. The molecule has 0 atom stereocenters. The van der Waals surface area contributed by atoms with Crippen molar-refractivity contribution in [1.82, 2.24) is 19.7 Å². The van der Waals surface area contributed by atoms with Crippen LogP contribution in [0, 0.1) is 18.2 Å². The first kappa shape index (κ1) is 17.3. The maximum atomic E-state index is 13.6. The molecule has 0 amide bonds. The van der Waals surface area contributed by atoms with Gasteiger partial charge >= 0.3 is 0 Å². The number of rotatable bonds is 5. The highest BCUT2D eigenvalue weighted by molar-refractivity contribution is 5.87. The smallest absolute Gasteiger partial charge is 0.168 e. The Balaban J connectivity index is 2.10. The average molecular weight is 342 g/mol. The fourth-order valence-electron chi connectivity index (χ4n) is 2.87. The molecule has 0 unspecified atom stereocenters. The van der Waals surface area contributed by atoms with E-state index in [0.717, 1.165) is 17.7 Å². The number of hydrogen-bond donors (Lipinski definition) is 1. The summed E-state index contributed by atoms with van der Waals surface area (Å²) >= 11 is 0. The molecule has 0 radical (unpaired) electrons. The van der Waals surface area contributed by atoms with Gasteiger partial charge in [-0.05, 0) is 37.1 Å². The number of nitrogens with two attached hydrogens (primary N) is 1. The van der Waals surface area contributed by atoms with Crippen LogP contribution in [0.15, 0.2) is 30.5 Å². The third-order valence-electron chi connectivity index (χ3n) is 4.15. The van der Waals surface area contributed by atoms with Crippen LogP contribution in [0.1, 0.15) is 19.7 Å². The van der Waals surface area contributed by atoms with E-state index in [1.165, 1.54) is 12.1 Å². The summed E-state index contributed by atoms with van der Waals surface area (Å²) in [6.45, 7) is 7.40. The molecule has 2 heterocycles. The SMILES string of the molecule is Cc1nc(N(C)CC(C)(C)CN)c2cnn(-c3cccc(F)c3)c2n1. The Kier molecular flexibility index (Phi) is 4.43. The van der Waals surface area contributed by atoms with E-state index in [-0.39, 0.29) is 11.2 Å². The molecule has 0 spiro atoms. The van der Waals surface area contributed by atoms with E-state index in [1.54, 1.807) is 23.0 Å². The van der Waals surface area contributed by atoms with E-state index in [2.05, 4.69) is 33.8 Å². The summed E-state index contributed by atoms with van der Waals surface area (Å²) in [5, 5.41) is 5.23. The number of nitrogens with zero attached hydrogens (tertiary/aromatic N) is 5. The van der Waals surface area contributed by atoms with Crippen LogP contribution < -0.4 is 10.6 Å². The van der Waals surface area contributed by atoms with Gasteiger partial charge in [0.2, 0.25) is 0 Å². The standard InChI is InChI=1S/C18H23FN6/c1-12-22-16(24(4)11-18(2,3)10-20)15-9-21-25(17(15)23-12)14-7-5-6-13(19)8-14/h5-9H,10-11,20H2,1-4H3. The normalized spacial score (nSPS) is 11.9. The van der Waals surface area contributed by atoms with Gasteiger partial charge in [-0.2, -0.15) is 5.10 Å². The highest BCUT2D eigenvalue weighted by Crippen LogP contribution is 2.27. The molecule has 2 aromatic heterocycles. The van der Waals surface area contributed by atoms with E-state index in [9.17, 15) is 4.39 Å². The first-order valence-corrected chi connectivity index (χ1v) is 8.20. The number of halogens is 1. The Hall–Kier alpha value is -2.54. The topological polar surface area (TPSA) is 72.9 Å². The van der Waals surface area contributed by atoms with E-state index >= 15 is 0 Å². The maximum absolute atomic E-state index is 13.6. The number of aromatic nitrogens is 4. The Morgan fingerprint density at radius 3 is 2.72 bits per heavy atom. The van der Waals surface area contributed by atoms with Crippen LogP contribution in [-0.2, 0) is 0 Å². The van der Waals surface area contributed by atoms with Crippen LogP contribution in [0.5, 0.6) is 0 Å². The maximum Gasteiger partial charge on any atom is 0.168 e. The Bertz CT molecular complexity index is 902. The molecule has 132 valence electrons. The van der Waals surface area contributed by atoms with Gasteiger partial charge in [-0.25, -0.2) is 19.0 Å². The zero-order valence-corrected chi connectivity index (χ0v) is 15.0. The van der Waals surface area contributed by atoms with E-state index in [1.807, 2.05) is 14.0 Å². The quantitative estimate of drug-likeness (QED) is 0.772. The van der Waals surface area contributed by atoms with Gasteiger partial charge in [-0.1, -0.05) is 19.9 Å². The summed E-state index contributed by atoms with van der Waals surface area (Å²) in [6, 6.07) is 6.30. The molecule has 0 bridgehead atoms. The van der Waals surface area contributed by atoms with Gasteiger partial charge < -0.3 is 10.6 Å². The van der Waals surface area contributed by atoms with Crippen LogP contribution >= 0.6 is 0 Å². The molecule has 2 N–H and O–H groups in total. The van der Waals surface area contributed by atoms with Crippen molar-refractivity contribution < 1.29 is 4.39 Å². The predicted octanol–water partition coefficient (Wildman–Crippen LogP) is 2.68. The van der Waals surface area contributed by atoms with Gasteiger partial charge in [0.25, 0.3) is 0 Å². The summed E-state index contributed by atoms with van der Waals surface area (Å²) in [4.78, 5) is 11.2. The van der Waals surface area contributed by atoms with Crippen molar-refractivity contribution in [3.63, 3.8) is 0 Å². The molecular formula is C18H23FN6. The molecule has 6 nitrogen and oxygen atoms in total. The lowest BCUT2D eigenvalue weighted by atomic mass is 9.93. The van der Waals surface area contributed by atoms with E-state index < -0.39 is 0 Å². The van der Waals surface area contributed by atoms with E-state index in [0.29, 0.717) is 23.7 Å². The second-order valence-corrected chi connectivity index (χ2v) is 7.09. The Labute approximate surface area is 146 Å². The van der Waals surface area contributed by atoms with Gasteiger partial charge in [-0.3, -0.25) is 0 Å². The van der Waals surface area contributed by atoms with Gasteiger partial charge in [0.05, 0.1) is 17.3 Å². The number of hydrogen-bond acceptors (Lipinski definition) is 5. The number of fused-ring (bicyclic) bond motifs is 1. The van der Waals surface area contributed by atoms with Crippen molar-refractivity contribution in [2.75, 3.05) is 25.0 Å². The van der Waals surface area contributed by atoms with Gasteiger partial charge in [0.1, 0.15) is 17.5 Å². The van der Waals surface area contributed by atoms with Crippen LogP contribution in [-0.4, -0.2) is 39.9 Å². The average Bonchev–Trinajstić information content (AvgIpc) is 2.97. The molecule has 3 rings (SSSR count). The molecule has 0 aliphatic rings. The van der Waals surface area contributed by atoms with Crippen molar-refractivity contribution >= 4 is 16.9 Å². The summed E-state index contributed by atoms with van der Waals surface area (Å²) < 4.78 is 15.2. The molecule has 3 aromatic rings. The van der Waals surface area contributed by atoms with Crippen molar-refractivity contribution in [2.45, 2.75) is 20.8 Å². The number of benzene rings is 1. The minimum absolute atomic E-state index is 0.0432. The highest BCUT2D eigenvalue weighted by atomic mass is 19.1. The van der Waals surface area contributed by atoms with Crippen LogP contribution in [0.2, 0.25) is 0 Å². The lowest BCUT2D eigenvalue weighted by molar-refractivity contribution is 0.384. The predicted molar refractivity (Wildman–Crippen MR) is 97.5 cm³/mol. The van der Waals surface area contributed by atoms with Crippen molar-refractivity contribution in [2.24, 2.45) is 11.1 Å². The molecule has 0 aliphatic carbocycles. The lowest BCUT2D eigenvalue weighted by Crippen LogP contribution is -2.37. The zero-order valence-electron chi connectivity index (χ0n) is 15.0. The summed E-state index contributed by atoms with van der Waals surface area (Å²) in [5.74, 6) is 1.12. The molecule has 0 fully saturated rings. The molecule has 7 heteroatoms. The first-order valence-electron chi connectivity index (χ1n) is 8.20. The largest absolute Gasteiger partial charge is 0.358 e. The minimum atomic E-state index is -0.311. The molecule has 0 aliphatic heterocycles. The molecule has 0 saturated carbocycles. The number of aryl methyl sites for hydroxylation is 1. The van der Waals surface area contributed by atoms with Crippen molar-refractivity contribution in [3.05, 3.63) is 42.1 Å². The summed E-state index contributed by atoms with van der Waals surface area (Å²) in [6.07, 6.45) is 1.72. The molecule has 0 saturated heterocycles. The Morgan fingerprint density at radius 1 is 1.28 bits per heavy atom. The van der Waals surface area contributed by atoms with Gasteiger partial charge in [0, 0.05) is 13.6 Å². The van der Waals surface area contributed by atoms with Crippen LogP contribution in [0.3, 0.4) is 0 Å². The fourth-order valence-corrected chi connectivity index (χ4v) is 2.87. The third kappa shape index (κ3) is 3.46. The van der Waals surface area contributed by atoms with Crippen molar-refractivity contribution in [1.29, 1.82) is 0 Å². The lowest BCUT2D eigenvalue weighted by Gasteiger charge is -2.30. The second-order valence-electron chi connectivity index (χ2n) is 7.09. The van der Waals surface area contributed by atoms with Crippen molar-refractivity contribution in [3.8, 4) is 5.69 Å². The number of anilines is 1. The zero-order chi connectivity index (χ0) is 18.2.